The van der Waals surface area contributed by atoms with E-state index in [-0.39, 0.29) is 6.61 Å². The van der Waals surface area contributed by atoms with Crippen LogP contribution in [0.3, 0.4) is 0 Å². The predicted octanol–water partition coefficient (Wildman–Crippen LogP) is 3.61. The fourth-order valence-electron chi connectivity index (χ4n) is 1.75. The van der Waals surface area contributed by atoms with Crippen LogP contribution in [-0.2, 0) is 13.0 Å². The second-order valence-corrected chi connectivity index (χ2v) is 4.89. The van der Waals surface area contributed by atoms with Gasteiger partial charge >= 0.3 is 0 Å². The third-order valence-electron chi connectivity index (χ3n) is 2.40. The first-order chi connectivity index (χ1) is 6.76. The van der Waals surface area contributed by atoms with Crippen molar-refractivity contribution in [3.63, 3.8) is 0 Å². The van der Waals surface area contributed by atoms with E-state index in [4.69, 9.17) is 11.6 Å². The fraction of sp³-hybridized carbons (Fsp3) is 0.273. The van der Waals surface area contributed by atoms with Gasteiger partial charge in [-0.3, -0.25) is 0 Å². The summed E-state index contributed by atoms with van der Waals surface area (Å²) in [5, 5.41) is 10.4. The summed E-state index contributed by atoms with van der Waals surface area (Å²) >= 11 is 7.55. The van der Waals surface area contributed by atoms with Crippen LogP contribution in [0.5, 0.6) is 0 Å². The van der Waals surface area contributed by atoms with Crippen LogP contribution in [0.15, 0.2) is 18.2 Å². The zero-order chi connectivity index (χ0) is 10.1. The number of fused-ring (bicyclic) bond motifs is 1. The molecule has 3 heteroatoms. The monoisotopic (exact) mass is 226 g/mol. The highest BCUT2D eigenvalue weighted by Crippen LogP contribution is 2.33. The lowest BCUT2D eigenvalue weighted by Gasteiger charge is -2.05. The molecule has 1 heterocycles. The summed E-state index contributed by atoms with van der Waals surface area (Å²) in [6, 6.07) is 5.99. The molecule has 1 aromatic carbocycles. The van der Waals surface area contributed by atoms with E-state index in [0.29, 0.717) is 0 Å². The molecule has 1 N–H and O–H groups in total. The SMILES string of the molecule is CCc1c(CO)ccc2sc(Cl)cc12. The average molecular weight is 227 g/mol. The molecular formula is C11H11ClOS. The summed E-state index contributed by atoms with van der Waals surface area (Å²) in [4.78, 5) is 0. The Morgan fingerprint density at radius 3 is 2.86 bits per heavy atom. The Morgan fingerprint density at radius 1 is 1.43 bits per heavy atom. The number of halogens is 1. The maximum Gasteiger partial charge on any atom is 0.0940 e. The molecule has 0 atom stereocenters. The van der Waals surface area contributed by atoms with Crippen molar-refractivity contribution in [2.75, 3.05) is 0 Å². The van der Waals surface area contributed by atoms with Crippen LogP contribution >= 0.6 is 22.9 Å². The van der Waals surface area contributed by atoms with E-state index in [0.717, 1.165) is 16.3 Å². The summed E-state index contributed by atoms with van der Waals surface area (Å²) in [5.41, 5.74) is 2.22. The third-order valence-corrected chi connectivity index (χ3v) is 3.63. The number of aliphatic hydroxyl groups is 1. The molecule has 2 aromatic rings. The maximum atomic E-state index is 9.19. The van der Waals surface area contributed by atoms with Crippen molar-refractivity contribution in [3.8, 4) is 0 Å². The zero-order valence-electron chi connectivity index (χ0n) is 7.88. The van der Waals surface area contributed by atoms with Gasteiger partial charge in [0.25, 0.3) is 0 Å². The lowest BCUT2D eigenvalue weighted by molar-refractivity contribution is 0.281. The van der Waals surface area contributed by atoms with Gasteiger partial charge in [0.05, 0.1) is 10.9 Å². The number of benzene rings is 1. The van der Waals surface area contributed by atoms with Crippen LogP contribution < -0.4 is 0 Å². The Labute approximate surface area is 91.9 Å². The van der Waals surface area contributed by atoms with E-state index in [1.807, 2.05) is 18.2 Å². The Bertz CT molecular complexity index is 462. The molecule has 0 fully saturated rings. The molecule has 74 valence electrons. The second kappa shape index (κ2) is 3.89. The summed E-state index contributed by atoms with van der Waals surface area (Å²) in [6.45, 7) is 2.20. The summed E-state index contributed by atoms with van der Waals surface area (Å²) in [5.74, 6) is 0. The Hall–Kier alpha value is -0.570. The minimum atomic E-state index is 0.104. The van der Waals surface area contributed by atoms with Crippen molar-refractivity contribution in [2.24, 2.45) is 0 Å². The molecule has 1 nitrogen and oxygen atoms in total. The zero-order valence-corrected chi connectivity index (χ0v) is 9.45. The van der Waals surface area contributed by atoms with Crippen molar-refractivity contribution in [3.05, 3.63) is 33.7 Å². The molecule has 0 spiro atoms. The fourth-order valence-corrected chi connectivity index (χ4v) is 2.92. The van der Waals surface area contributed by atoms with Crippen LogP contribution in [0.1, 0.15) is 18.1 Å². The normalized spacial score (nSPS) is 11.1. The Kier molecular flexibility index (Phi) is 2.77. The molecule has 2 rings (SSSR count). The maximum absolute atomic E-state index is 9.19. The number of thiophene rings is 1. The van der Waals surface area contributed by atoms with Crippen LogP contribution in [-0.4, -0.2) is 5.11 Å². The molecule has 0 aliphatic heterocycles. The largest absolute Gasteiger partial charge is 0.392 e. The van der Waals surface area contributed by atoms with Crippen molar-refractivity contribution < 1.29 is 5.11 Å². The highest BCUT2D eigenvalue weighted by Gasteiger charge is 2.07. The number of aliphatic hydroxyl groups excluding tert-OH is 1. The van der Waals surface area contributed by atoms with Crippen LogP contribution in [0.2, 0.25) is 4.34 Å². The molecule has 0 aliphatic rings. The first-order valence-electron chi connectivity index (χ1n) is 4.57. The van der Waals surface area contributed by atoms with E-state index in [9.17, 15) is 5.11 Å². The minimum absolute atomic E-state index is 0.104. The van der Waals surface area contributed by atoms with E-state index in [1.165, 1.54) is 15.6 Å². The summed E-state index contributed by atoms with van der Waals surface area (Å²) in [6.07, 6.45) is 0.931. The predicted molar refractivity (Wildman–Crippen MR) is 62.1 cm³/mol. The molecule has 0 saturated carbocycles. The van der Waals surface area contributed by atoms with Crippen molar-refractivity contribution in [1.29, 1.82) is 0 Å². The van der Waals surface area contributed by atoms with Crippen LogP contribution in [0.25, 0.3) is 10.1 Å². The van der Waals surface area contributed by atoms with E-state index >= 15 is 0 Å². The second-order valence-electron chi connectivity index (χ2n) is 3.18. The van der Waals surface area contributed by atoms with Gasteiger partial charge in [-0.15, -0.1) is 11.3 Å². The standard InChI is InChI=1S/C11H11ClOS/c1-2-8-7(6-13)3-4-10-9(8)5-11(12)14-10/h3-5,13H,2,6H2,1H3. The third kappa shape index (κ3) is 1.54. The Balaban J connectivity index is 2.75. The quantitative estimate of drug-likeness (QED) is 0.830. The molecule has 0 amide bonds. The highest BCUT2D eigenvalue weighted by atomic mass is 35.5. The van der Waals surface area contributed by atoms with Gasteiger partial charge in [-0.25, -0.2) is 0 Å². The van der Waals surface area contributed by atoms with Gasteiger partial charge in [-0.2, -0.15) is 0 Å². The number of aryl methyl sites for hydroxylation is 1. The van der Waals surface area contributed by atoms with Gasteiger partial charge in [-0.05, 0) is 35.1 Å². The van der Waals surface area contributed by atoms with Crippen molar-refractivity contribution in [1.82, 2.24) is 0 Å². The molecule has 14 heavy (non-hydrogen) atoms. The van der Waals surface area contributed by atoms with Crippen LogP contribution in [0, 0.1) is 0 Å². The van der Waals surface area contributed by atoms with Crippen molar-refractivity contribution >= 4 is 33.0 Å². The first-order valence-corrected chi connectivity index (χ1v) is 5.76. The smallest absolute Gasteiger partial charge is 0.0940 e. The van der Waals surface area contributed by atoms with Gasteiger partial charge in [-0.1, -0.05) is 24.6 Å². The molecular weight excluding hydrogens is 216 g/mol. The molecule has 1 aromatic heterocycles. The van der Waals surface area contributed by atoms with Crippen molar-refractivity contribution in [2.45, 2.75) is 20.0 Å². The number of hydrogen-bond donors (Lipinski definition) is 1. The van der Waals surface area contributed by atoms with E-state index < -0.39 is 0 Å². The number of rotatable bonds is 2. The first kappa shape index (κ1) is 9.97. The van der Waals surface area contributed by atoms with Crippen LogP contribution in [0.4, 0.5) is 0 Å². The summed E-state index contributed by atoms with van der Waals surface area (Å²) in [7, 11) is 0. The van der Waals surface area contributed by atoms with E-state index in [1.54, 1.807) is 11.3 Å². The van der Waals surface area contributed by atoms with Gasteiger partial charge in [0.2, 0.25) is 0 Å². The van der Waals surface area contributed by atoms with Gasteiger partial charge in [0.15, 0.2) is 0 Å². The highest BCUT2D eigenvalue weighted by molar-refractivity contribution is 7.22. The lowest BCUT2D eigenvalue weighted by atomic mass is 10.0. The van der Waals surface area contributed by atoms with Gasteiger partial charge < -0.3 is 5.11 Å². The lowest BCUT2D eigenvalue weighted by Crippen LogP contribution is -1.92. The molecule has 0 bridgehead atoms. The molecule has 0 unspecified atom stereocenters. The van der Waals surface area contributed by atoms with E-state index in [2.05, 4.69) is 6.92 Å². The Morgan fingerprint density at radius 2 is 2.21 bits per heavy atom. The topological polar surface area (TPSA) is 20.2 Å². The molecule has 0 aliphatic carbocycles. The number of hydrogen-bond acceptors (Lipinski definition) is 2. The average Bonchev–Trinajstić information content (AvgIpc) is 2.56. The minimum Gasteiger partial charge on any atom is -0.392 e. The molecule has 0 saturated heterocycles. The molecule has 0 radical (unpaired) electrons. The van der Waals surface area contributed by atoms with Gasteiger partial charge in [0, 0.05) is 4.70 Å². The summed E-state index contributed by atoms with van der Waals surface area (Å²) < 4.78 is 2.01. The van der Waals surface area contributed by atoms with Gasteiger partial charge in [0.1, 0.15) is 0 Å².